The van der Waals surface area contributed by atoms with Gasteiger partial charge in [0.1, 0.15) is 0 Å². The first-order valence-corrected chi connectivity index (χ1v) is 2.88. The zero-order chi connectivity index (χ0) is 7.65. The van der Waals surface area contributed by atoms with Crippen LogP contribution in [0.5, 0.6) is 0 Å². The lowest BCUT2D eigenvalue weighted by Gasteiger charge is -2.22. The van der Waals surface area contributed by atoms with Gasteiger partial charge in [0.2, 0.25) is 0 Å². The highest BCUT2D eigenvalue weighted by atomic mass is 16.4. The lowest BCUT2D eigenvalue weighted by Crippen LogP contribution is -2.40. The van der Waals surface area contributed by atoms with Crippen molar-refractivity contribution in [2.75, 3.05) is 0 Å². The standard InChI is InChI=1S/C6H13NO2/c1-4(7)6(2,3)5(8)9/h4H,7H2,1-3H3,(H,8,9)/t4-/m0/s1. The molecule has 0 fully saturated rings. The van der Waals surface area contributed by atoms with Gasteiger partial charge in [-0.3, -0.25) is 4.79 Å². The zero-order valence-corrected chi connectivity index (χ0v) is 6.01. The largest absolute Gasteiger partial charge is 0.481 e. The maximum absolute atomic E-state index is 10.4. The van der Waals surface area contributed by atoms with Crippen molar-refractivity contribution in [3.8, 4) is 0 Å². The fourth-order valence-electron chi connectivity index (χ4n) is 0.195. The monoisotopic (exact) mass is 131 g/mol. The average Bonchev–Trinajstić information content (AvgIpc) is 1.65. The fourth-order valence-corrected chi connectivity index (χ4v) is 0.195. The fraction of sp³-hybridized carbons (Fsp3) is 0.833. The van der Waals surface area contributed by atoms with E-state index in [0.717, 1.165) is 0 Å². The number of carboxylic acids is 1. The van der Waals surface area contributed by atoms with Crippen LogP contribution in [0.1, 0.15) is 20.8 Å². The van der Waals surface area contributed by atoms with Crippen LogP contribution >= 0.6 is 0 Å². The van der Waals surface area contributed by atoms with Crippen LogP contribution in [0.3, 0.4) is 0 Å². The van der Waals surface area contributed by atoms with Crippen molar-refractivity contribution in [3.05, 3.63) is 0 Å². The Labute approximate surface area is 54.9 Å². The van der Waals surface area contributed by atoms with Gasteiger partial charge < -0.3 is 10.8 Å². The Hall–Kier alpha value is -0.570. The molecule has 0 saturated heterocycles. The quantitative estimate of drug-likeness (QED) is 0.571. The molecule has 3 N–H and O–H groups in total. The number of hydrogen-bond acceptors (Lipinski definition) is 2. The van der Waals surface area contributed by atoms with Gasteiger partial charge in [-0.1, -0.05) is 0 Å². The molecule has 9 heavy (non-hydrogen) atoms. The van der Waals surface area contributed by atoms with Crippen LogP contribution in [0, 0.1) is 5.41 Å². The minimum Gasteiger partial charge on any atom is -0.481 e. The van der Waals surface area contributed by atoms with Crippen LogP contribution in [-0.2, 0) is 4.79 Å². The van der Waals surface area contributed by atoms with Crippen molar-refractivity contribution in [1.29, 1.82) is 0 Å². The van der Waals surface area contributed by atoms with Gasteiger partial charge in [-0.15, -0.1) is 0 Å². The van der Waals surface area contributed by atoms with Crippen molar-refractivity contribution in [2.45, 2.75) is 26.8 Å². The molecule has 0 aromatic heterocycles. The summed E-state index contributed by atoms with van der Waals surface area (Å²) in [5, 5.41) is 8.53. The van der Waals surface area contributed by atoms with Crippen LogP contribution in [0.2, 0.25) is 0 Å². The molecule has 0 saturated carbocycles. The predicted octanol–water partition coefficient (Wildman–Crippen LogP) is 0.444. The summed E-state index contributed by atoms with van der Waals surface area (Å²) in [4.78, 5) is 10.4. The predicted molar refractivity (Wildman–Crippen MR) is 35.1 cm³/mol. The van der Waals surface area contributed by atoms with E-state index in [1.54, 1.807) is 20.8 Å². The third-order valence-electron chi connectivity index (χ3n) is 1.69. The van der Waals surface area contributed by atoms with Crippen molar-refractivity contribution in [2.24, 2.45) is 11.1 Å². The van der Waals surface area contributed by atoms with Crippen LogP contribution in [0.15, 0.2) is 0 Å². The number of nitrogens with two attached hydrogens (primary N) is 1. The minimum atomic E-state index is -0.850. The molecule has 0 radical (unpaired) electrons. The van der Waals surface area contributed by atoms with Gasteiger partial charge in [-0.25, -0.2) is 0 Å². The normalized spacial score (nSPS) is 15.1. The summed E-state index contributed by atoms with van der Waals surface area (Å²) in [6, 6.07) is -0.310. The molecule has 0 aliphatic rings. The first kappa shape index (κ1) is 8.43. The van der Waals surface area contributed by atoms with Gasteiger partial charge >= 0.3 is 5.97 Å². The smallest absolute Gasteiger partial charge is 0.310 e. The summed E-state index contributed by atoms with van der Waals surface area (Å²) in [7, 11) is 0. The summed E-state index contributed by atoms with van der Waals surface area (Å²) in [5.41, 5.74) is 4.58. The van der Waals surface area contributed by atoms with Crippen molar-refractivity contribution >= 4 is 5.97 Å². The highest BCUT2D eigenvalue weighted by Crippen LogP contribution is 2.17. The second-order valence-corrected chi connectivity index (χ2v) is 2.82. The summed E-state index contributed by atoms with van der Waals surface area (Å²) >= 11 is 0. The molecule has 0 spiro atoms. The SMILES string of the molecule is C[C@H](N)C(C)(C)C(=O)O. The van der Waals surface area contributed by atoms with Crippen molar-refractivity contribution in [1.82, 2.24) is 0 Å². The van der Waals surface area contributed by atoms with E-state index in [4.69, 9.17) is 10.8 Å². The molecule has 3 heteroatoms. The van der Waals surface area contributed by atoms with E-state index in [0.29, 0.717) is 0 Å². The van der Waals surface area contributed by atoms with Gasteiger partial charge in [0, 0.05) is 6.04 Å². The van der Waals surface area contributed by atoms with E-state index in [1.807, 2.05) is 0 Å². The molecule has 1 atom stereocenters. The Bertz CT molecular complexity index is 118. The van der Waals surface area contributed by atoms with E-state index >= 15 is 0 Å². The second-order valence-electron chi connectivity index (χ2n) is 2.82. The van der Waals surface area contributed by atoms with E-state index in [1.165, 1.54) is 0 Å². The maximum Gasteiger partial charge on any atom is 0.310 e. The Morgan fingerprint density at radius 2 is 2.00 bits per heavy atom. The van der Waals surface area contributed by atoms with Crippen molar-refractivity contribution < 1.29 is 9.90 Å². The molecule has 0 aromatic carbocycles. The summed E-state index contributed by atoms with van der Waals surface area (Å²) in [6.07, 6.45) is 0. The van der Waals surface area contributed by atoms with Gasteiger partial charge in [-0.05, 0) is 20.8 Å². The lowest BCUT2D eigenvalue weighted by atomic mass is 9.86. The molecule has 54 valence electrons. The third-order valence-corrected chi connectivity index (χ3v) is 1.69. The number of carboxylic acid groups (broad SMARTS) is 1. The molecule has 0 amide bonds. The highest BCUT2D eigenvalue weighted by molar-refractivity contribution is 5.74. The van der Waals surface area contributed by atoms with Crippen LogP contribution in [0.25, 0.3) is 0 Å². The number of rotatable bonds is 2. The second kappa shape index (κ2) is 2.35. The van der Waals surface area contributed by atoms with E-state index in [2.05, 4.69) is 0 Å². The van der Waals surface area contributed by atoms with Gasteiger partial charge in [-0.2, -0.15) is 0 Å². The summed E-state index contributed by atoms with van der Waals surface area (Å²) in [5.74, 6) is -0.850. The first-order valence-electron chi connectivity index (χ1n) is 2.88. The molecule has 0 rings (SSSR count). The van der Waals surface area contributed by atoms with Gasteiger partial charge in [0.15, 0.2) is 0 Å². The summed E-state index contributed by atoms with van der Waals surface area (Å²) in [6.45, 7) is 4.91. The van der Waals surface area contributed by atoms with Crippen LogP contribution in [-0.4, -0.2) is 17.1 Å². The first-order chi connectivity index (χ1) is 3.89. The summed E-state index contributed by atoms with van der Waals surface area (Å²) < 4.78 is 0. The van der Waals surface area contributed by atoms with E-state index < -0.39 is 11.4 Å². The zero-order valence-electron chi connectivity index (χ0n) is 6.01. The number of carbonyl (C=O) groups is 1. The van der Waals surface area contributed by atoms with Crippen LogP contribution in [0.4, 0.5) is 0 Å². The van der Waals surface area contributed by atoms with E-state index in [-0.39, 0.29) is 6.04 Å². The molecule has 0 heterocycles. The van der Waals surface area contributed by atoms with Crippen molar-refractivity contribution in [3.63, 3.8) is 0 Å². The Balaban J connectivity index is 4.19. The molecule has 0 bridgehead atoms. The number of hydrogen-bond donors (Lipinski definition) is 2. The van der Waals surface area contributed by atoms with E-state index in [9.17, 15) is 4.79 Å². The maximum atomic E-state index is 10.4. The molecular weight excluding hydrogens is 118 g/mol. The lowest BCUT2D eigenvalue weighted by molar-refractivity contribution is -0.147. The molecular formula is C6H13NO2. The molecule has 0 aliphatic carbocycles. The Kier molecular flexibility index (Phi) is 2.20. The number of aliphatic carboxylic acids is 1. The Morgan fingerprint density at radius 3 is 2.00 bits per heavy atom. The molecule has 0 aliphatic heterocycles. The highest BCUT2D eigenvalue weighted by Gasteiger charge is 2.30. The topological polar surface area (TPSA) is 63.3 Å². The van der Waals surface area contributed by atoms with Gasteiger partial charge in [0.25, 0.3) is 0 Å². The third kappa shape index (κ3) is 1.68. The average molecular weight is 131 g/mol. The Morgan fingerprint density at radius 1 is 1.67 bits per heavy atom. The molecule has 0 unspecified atom stereocenters. The van der Waals surface area contributed by atoms with Crippen LogP contribution < -0.4 is 5.73 Å². The molecule has 3 nitrogen and oxygen atoms in total. The van der Waals surface area contributed by atoms with Gasteiger partial charge in [0.05, 0.1) is 5.41 Å². The molecule has 0 aromatic rings. The minimum absolute atomic E-state index is 0.310.